The lowest BCUT2D eigenvalue weighted by Gasteiger charge is -2.31. The summed E-state index contributed by atoms with van der Waals surface area (Å²) in [5.41, 5.74) is 9.03. The van der Waals surface area contributed by atoms with Crippen molar-refractivity contribution in [1.82, 2.24) is 19.9 Å². The molecule has 0 radical (unpaired) electrons. The fourth-order valence-corrected chi connectivity index (χ4v) is 6.86. The molecule has 0 saturated carbocycles. The minimum Gasteiger partial charge on any atom is -0.378 e. The molecular weight excluding hydrogens is 434 g/mol. The number of methoxy groups -OCH3 is 1. The summed E-state index contributed by atoms with van der Waals surface area (Å²) in [4.78, 5) is 29.6. The number of nitrogens with zero attached hydrogens (tertiary/aromatic N) is 3. The number of primary amides is 1. The second kappa shape index (κ2) is 7.70. The Hall–Kier alpha value is -2.82. The first-order chi connectivity index (χ1) is 15.0. The molecule has 0 saturated heterocycles. The van der Waals surface area contributed by atoms with Gasteiger partial charge in [0.15, 0.2) is 5.65 Å². The van der Waals surface area contributed by atoms with Gasteiger partial charge in [-0.15, -0.1) is 23.5 Å². The van der Waals surface area contributed by atoms with Crippen molar-refractivity contribution in [2.24, 2.45) is 5.73 Å². The molecule has 5 rings (SSSR count). The molecule has 1 atom stereocenters. The largest absolute Gasteiger partial charge is 0.378 e. The molecule has 2 amide bonds. The molecular formula is C21H19N5O3S2. The normalized spacial score (nSPS) is 18.5. The van der Waals surface area contributed by atoms with Crippen LogP contribution in [0.3, 0.4) is 0 Å². The number of carbonyl (C=O) groups is 2. The summed E-state index contributed by atoms with van der Waals surface area (Å²) in [6.45, 7) is 0.0860. The average molecular weight is 454 g/mol. The van der Waals surface area contributed by atoms with Crippen molar-refractivity contribution >= 4 is 41.0 Å². The Bertz CT molecular complexity index is 1230. The lowest BCUT2D eigenvalue weighted by atomic mass is 10.1. The highest BCUT2D eigenvalue weighted by Crippen LogP contribution is 2.59. The maximum Gasteiger partial charge on any atom is 0.270 e. The van der Waals surface area contributed by atoms with Gasteiger partial charge in [-0.2, -0.15) is 5.10 Å². The van der Waals surface area contributed by atoms with Gasteiger partial charge >= 0.3 is 0 Å². The first-order valence-electron chi connectivity index (χ1n) is 9.60. The zero-order valence-corrected chi connectivity index (χ0v) is 18.2. The Morgan fingerprint density at radius 1 is 1.29 bits per heavy atom. The van der Waals surface area contributed by atoms with E-state index in [1.54, 1.807) is 29.6 Å². The van der Waals surface area contributed by atoms with Crippen molar-refractivity contribution < 1.29 is 14.3 Å². The van der Waals surface area contributed by atoms with E-state index in [0.717, 1.165) is 6.42 Å². The number of nitrogens with one attached hydrogen (secondary N) is 1. The minimum atomic E-state index is -0.665. The van der Waals surface area contributed by atoms with E-state index in [2.05, 4.69) is 38.3 Å². The average Bonchev–Trinajstić information content (AvgIpc) is 3.46. The number of hydrogen-bond donors (Lipinski definition) is 2. The van der Waals surface area contributed by atoms with Gasteiger partial charge in [-0.25, -0.2) is 9.50 Å². The highest BCUT2D eigenvalue weighted by molar-refractivity contribution is 8.23. The predicted octanol–water partition coefficient (Wildman–Crippen LogP) is 2.43. The Morgan fingerprint density at radius 3 is 2.81 bits per heavy atom. The van der Waals surface area contributed by atoms with E-state index < -0.39 is 5.91 Å². The van der Waals surface area contributed by atoms with E-state index in [1.165, 1.54) is 28.9 Å². The summed E-state index contributed by atoms with van der Waals surface area (Å²) < 4.78 is 6.21. The van der Waals surface area contributed by atoms with Crippen LogP contribution >= 0.6 is 23.5 Å². The number of nitrogens with two attached hydrogens (primary N) is 1. The Kier molecular flexibility index (Phi) is 4.99. The van der Waals surface area contributed by atoms with Crippen molar-refractivity contribution in [2.45, 2.75) is 23.1 Å². The van der Waals surface area contributed by atoms with E-state index >= 15 is 0 Å². The SMILES string of the molecule is COCc1nn2c(C(=O)NC3Cc4ccccc4C34SC=CS4)ccnc2c1C(N)=O. The van der Waals surface area contributed by atoms with Crippen molar-refractivity contribution in [2.75, 3.05) is 7.11 Å². The molecule has 1 aliphatic carbocycles. The van der Waals surface area contributed by atoms with E-state index in [1.807, 2.05) is 12.1 Å². The van der Waals surface area contributed by atoms with Crippen LogP contribution in [0.2, 0.25) is 0 Å². The van der Waals surface area contributed by atoms with Crippen LogP contribution in [0.5, 0.6) is 0 Å². The van der Waals surface area contributed by atoms with Crippen LogP contribution in [0, 0.1) is 0 Å². The standard InChI is InChI=1S/C21H19N5O3S2/c1-29-11-14-17(18(22)27)19-23-7-6-15(26(19)25-14)20(28)24-16-10-12-4-2-3-5-13(12)21(16)30-8-9-31-21/h2-9,16H,10-11H2,1H3,(H2,22,27)(H,24,28). The third-order valence-electron chi connectivity index (χ3n) is 5.47. The molecule has 0 bridgehead atoms. The van der Waals surface area contributed by atoms with Crippen molar-refractivity contribution in [3.8, 4) is 0 Å². The van der Waals surface area contributed by atoms with Crippen molar-refractivity contribution in [3.63, 3.8) is 0 Å². The summed E-state index contributed by atoms with van der Waals surface area (Å²) in [6.07, 6.45) is 2.22. The maximum absolute atomic E-state index is 13.4. The summed E-state index contributed by atoms with van der Waals surface area (Å²) in [5, 5.41) is 11.7. The van der Waals surface area contributed by atoms with E-state index in [4.69, 9.17) is 10.5 Å². The monoisotopic (exact) mass is 453 g/mol. The van der Waals surface area contributed by atoms with Gasteiger partial charge in [0.2, 0.25) is 0 Å². The van der Waals surface area contributed by atoms with Gasteiger partial charge in [0, 0.05) is 13.3 Å². The first-order valence-corrected chi connectivity index (χ1v) is 11.4. The van der Waals surface area contributed by atoms with Crippen molar-refractivity contribution in [1.29, 1.82) is 0 Å². The quantitative estimate of drug-likeness (QED) is 0.610. The van der Waals surface area contributed by atoms with Gasteiger partial charge in [0.1, 0.15) is 21.0 Å². The van der Waals surface area contributed by atoms with Crippen LogP contribution in [-0.4, -0.2) is 39.6 Å². The highest BCUT2D eigenvalue weighted by atomic mass is 32.2. The molecule has 10 heteroatoms. The van der Waals surface area contributed by atoms with Gasteiger partial charge in [-0.3, -0.25) is 9.59 Å². The zero-order valence-electron chi connectivity index (χ0n) is 16.6. The molecule has 1 unspecified atom stereocenters. The molecule has 158 valence electrons. The number of amides is 2. The summed E-state index contributed by atoms with van der Waals surface area (Å²) >= 11 is 3.43. The van der Waals surface area contributed by atoms with Crippen LogP contribution in [0.25, 0.3) is 5.65 Å². The zero-order chi connectivity index (χ0) is 21.6. The Labute approximate surface area is 186 Å². The predicted molar refractivity (Wildman–Crippen MR) is 120 cm³/mol. The van der Waals surface area contributed by atoms with Gasteiger partial charge in [-0.1, -0.05) is 24.3 Å². The van der Waals surface area contributed by atoms with E-state index in [0.29, 0.717) is 5.69 Å². The highest BCUT2D eigenvalue weighted by Gasteiger charge is 2.49. The number of aromatic nitrogens is 3. The van der Waals surface area contributed by atoms with Gasteiger partial charge in [0.25, 0.3) is 11.8 Å². The summed E-state index contributed by atoms with van der Waals surface area (Å²) in [6, 6.07) is 9.75. The number of hydrogen-bond acceptors (Lipinski definition) is 7. The third kappa shape index (κ3) is 3.13. The topological polar surface area (TPSA) is 112 Å². The first kappa shape index (κ1) is 20.1. The van der Waals surface area contributed by atoms with Crippen molar-refractivity contribution in [3.05, 3.63) is 75.4 Å². The van der Waals surface area contributed by atoms with Crippen LogP contribution in [-0.2, 0) is 21.8 Å². The lowest BCUT2D eigenvalue weighted by Crippen LogP contribution is -2.44. The van der Waals surface area contributed by atoms with Gasteiger partial charge in [0.05, 0.1) is 12.6 Å². The fraction of sp³-hybridized carbons (Fsp3) is 0.238. The number of carbonyl (C=O) groups excluding carboxylic acids is 2. The number of ether oxygens (including phenoxy) is 1. The molecule has 2 aliphatic rings. The van der Waals surface area contributed by atoms with Gasteiger partial charge < -0.3 is 15.8 Å². The molecule has 1 aliphatic heterocycles. The number of rotatable bonds is 5. The second-order valence-corrected chi connectivity index (χ2v) is 9.81. The molecule has 3 aromatic rings. The fourth-order valence-electron chi connectivity index (χ4n) is 4.19. The van der Waals surface area contributed by atoms with Crippen LogP contribution < -0.4 is 11.1 Å². The molecule has 8 nitrogen and oxygen atoms in total. The smallest absolute Gasteiger partial charge is 0.270 e. The van der Waals surface area contributed by atoms with Gasteiger partial charge in [-0.05, 0) is 34.4 Å². The summed E-state index contributed by atoms with van der Waals surface area (Å²) in [7, 11) is 1.50. The number of benzene rings is 1. The lowest BCUT2D eigenvalue weighted by molar-refractivity contribution is 0.0927. The third-order valence-corrected chi connectivity index (χ3v) is 8.48. The molecule has 0 fully saturated rings. The van der Waals surface area contributed by atoms with Crippen LogP contribution in [0.15, 0.2) is 47.3 Å². The Balaban J connectivity index is 1.52. The van der Waals surface area contributed by atoms with Crippen LogP contribution in [0.4, 0.5) is 0 Å². The Morgan fingerprint density at radius 2 is 2.06 bits per heavy atom. The molecule has 1 aromatic carbocycles. The van der Waals surface area contributed by atoms with E-state index in [9.17, 15) is 9.59 Å². The van der Waals surface area contributed by atoms with Crippen LogP contribution in [0.1, 0.15) is 37.7 Å². The second-order valence-electron chi connectivity index (χ2n) is 7.25. The molecule has 31 heavy (non-hydrogen) atoms. The van der Waals surface area contributed by atoms with E-state index in [-0.39, 0.29) is 39.5 Å². The number of thioether (sulfide) groups is 2. The number of fused-ring (bicyclic) bond motifs is 3. The maximum atomic E-state index is 13.4. The summed E-state index contributed by atoms with van der Waals surface area (Å²) in [5.74, 6) is -0.956. The molecule has 3 heterocycles. The molecule has 3 N–H and O–H groups in total. The molecule has 2 aromatic heterocycles. The minimum absolute atomic E-state index is 0.0860. The molecule has 1 spiro atoms.